The van der Waals surface area contributed by atoms with Gasteiger partial charge in [0.25, 0.3) is 10.0 Å². The van der Waals surface area contributed by atoms with Crippen LogP contribution in [0.1, 0.15) is 11.1 Å². The van der Waals surface area contributed by atoms with Crippen LogP contribution < -0.4 is 10.0 Å². The minimum absolute atomic E-state index is 0.212. The summed E-state index contributed by atoms with van der Waals surface area (Å²) in [5.74, 6) is 0. The maximum Gasteiger partial charge on any atom is 0.407 e. The molecule has 0 aliphatic heterocycles. The molecule has 0 aromatic heterocycles. The van der Waals surface area contributed by atoms with Gasteiger partial charge in [-0.25, -0.2) is 13.2 Å². The number of anilines is 1. The second kappa shape index (κ2) is 10.2. The van der Waals surface area contributed by atoms with Gasteiger partial charge in [-0.1, -0.05) is 72.8 Å². The van der Waals surface area contributed by atoms with E-state index in [9.17, 15) is 13.2 Å². The van der Waals surface area contributed by atoms with Gasteiger partial charge in [0.05, 0.1) is 4.90 Å². The van der Waals surface area contributed by atoms with Gasteiger partial charge in [-0.05, 0) is 52.6 Å². The zero-order valence-electron chi connectivity index (χ0n) is 17.9. The highest BCUT2D eigenvalue weighted by Crippen LogP contribution is 2.21. The number of hydrogen-bond acceptors (Lipinski definition) is 4. The second-order valence-electron chi connectivity index (χ2n) is 7.55. The number of alkyl carbamates (subject to hydrolysis) is 1. The lowest BCUT2D eigenvalue weighted by atomic mass is 10.1. The largest absolute Gasteiger partial charge is 0.445 e. The summed E-state index contributed by atoms with van der Waals surface area (Å²) < 4.78 is 33.3. The quantitative estimate of drug-likeness (QED) is 0.383. The van der Waals surface area contributed by atoms with E-state index in [0.29, 0.717) is 18.7 Å². The summed E-state index contributed by atoms with van der Waals surface area (Å²) in [5, 5.41) is 4.57. The average Bonchev–Trinajstić information content (AvgIpc) is 2.84. The summed E-state index contributed by atoms with van der Waals surface area (Å²) in [6, 6.07) is 29.2. The van der Waals surface area contributed by atoms with Crippen LogP contribution in [0.5, 0.6) is 0 Å². The average molecular weight is 461 g/mol. The molecular weight excluding hydrogens is 436 g/mol. The first-order chi connectivity index (χ1) is 16.0. The van der Waals surface area contributed by atoms with Gasteiger partial charge in [0, 0.05) is 12.2 Å². The van der Waals surface area contributed by atoms with E-state index in [4.69, 9.17) is 4.74 Å². The molecule has 33 heavy (non-hydrogen) atoms. The SMILES string of the molecule is O=C(NCCc1ccc(NS(=O)(=O)c2ccc3ccccc3c2)cc1)OCc1ccccc1. The van der Waals surface area contributed by atoms with Gasteiger partial charge in [0.15, 0.2) is 0 Å². The van der Waals surface area contributed by atoms with Crippen molar-refractivity contribution in [3.05, 3.63) is 108 Å². The Kier molecular flexibility index (Phi) is 6.90. The fourth-order valence-corrected chi connectivity index (χ4v) is 4.46. The monoisotopic (exact) mass is 460 g/mol. The molecule has 4 aromatic carbocycles. The molecule has 0 saturated carbocycles. The molecular formula is C26H24N2O4S. The van der Waals surface area contributed by atoms with Crippen LogP contribution in [0.15, 0.2) is 102 Å². The van der Waals surface area contributed by atoms with Crippen molar-refractivity contribution in [2.75, 3.05) is 11.3 Å². The van der Waals surface area contributed by atoms with Gasteiger partial charge in [-0.3, -0.25) is 4.72 Å². The molecule has 0 aliphatic rings. The Morgan fingerprint density at radius 1 is 0.758 bits per heavy atom. The van der Waals surface area contributed by atoms with Crippen molar-refractivity contribution in [2.24, 2.45) is 0 Å². The molecule has 0 heterocycles. The number of carbonyl (C=O) groups excluding carboxylic acids is 1. The number of nitrogens with one attached hydrogen (secondary N) is 2. The first-order valence-electron chi connectivity index (χ1n) is 10.5. The number of amides is 1. The molecule has 168 valence electrons. The van der Waals surface area contributed by atoms with Crippen LogP contribution in [0.2, 0.25) is 0 Å². The van der Waals surface area contributed by atoms with Crippen molar-refractivity contribution >= 4 is 32.6 Å². The third-order valence-electron chi connectivity index (χ3n) is 5.13. The molecule has 6 nitrogen and oxygen atoms in total. The first-order valence-corrected chi connectivity index (χ1v) is 12.0. The Morgan fingerprint density at radius 3 is 2.21 bits per heavy atom. The summed E-state index contributed by atoms with van der Waals surface area (Å²) in [6.07, 6.45) is 0.122. The minimum atomic E-state index is -3.70. The van der Waals surface area contributed by atoms with Gasteiger partial charge in [-0.2, -0.15) is 0 Å². The van der Waals surface area contributed by atoms with E-state index in [1.807, 2.05) is 66.7 Å². The molecule has 4 rings (SSSR count). The maximum atomic E-state index is 12.8. The lowest BCUT2D eigenvalue weighted by molar-refractivity contribution is 0.140. The number of fused-ring (bicyclic) bond motifs is 1. The summed E-state index contributed by atoms with van der Waals surface area (Å²) in [7, 11) is -3.70. The standard InChI is InChI=1S/C26H24N2O4S/c29-26(32-19-21-6-2-1-3-7-21)27-17-16-20-10-13-24(14-11-20)28-33(30,31)25-15-12-22-8-4-5-9-23(22)18-25/h1-15,18,28H,16-17,19H2,(H,27,29). The molecule has 7 heteroatoms. The number of sulfonamides is 1. The molecule has 2 N–H and O–H groups in total. The van der Waals surface area contributed by atoms with Crippen molar-refractivity contribution in [3.8, 4) is 0 Å². The van der Waals surface area contributed by atoms with Crippen molar-refractivity contribution in [1.82, 2.24) is 5.32 Å². The van der Waals surface area contributed by atoms with E-state index in [-0.39, 0.29) is 11.5 Å². The van der Waals surface area contributed by atoms with Crippen LogP contribution in [-0.4, -0.2) is 21.1 Å². The van der Waals surface area contributed by atoms with Crippen LogP contribution in [0.3, 0.4) is 0 Å². The minimum Gasteiger partial charge on any atom is -0.445 e. The van der Waals surface area contributed by atoms with E-state index < -0.39 is 16.1 Å². The number of hydrogen-bond donors (Lipinski definition) is 2. The van der Waals surface area contributed by atoms with E-state index >= 15 is 0 Å². The smallest absolute Gasteiger partial charge is 0.407 e. The molecule has 0 saturated heterocycles. The molecule has 0 fully saturated rings. The predicted octanol–water partition coefficient (Wildman–Crippen LogP) is 5.11. The molecule has 0 radical (unpaired) electrons. The molecule has 4 aromatic rings. The lowest BCUT2D eigenvalue weighted by Gasteiger charge is -2.10. The van der Waals surface area contributed by atoms with Crippen molar-refractivity contribution in [1.29, 1.82) is 0 Å². The van der Waals surface area contributed by atoms with Gasteiger partial charge in [0.1, 0.15) is 6.61 Å². The van der Waals surface area contributed by atoms with Crippen LogP contribution in [0.25, 0.3) is 10.8 Å². The molecule has 1 amide bonds. The summed E-state index contributed by atoms with van der Waals surface area (Å²) in [4.78, 5) is 12.0. The number of carbonyl (C=O) groups is 1. The Hall–Kier alpha value is -3.84. The van der Waals surface area contributed by atoms with Crippen LogP contribution in [0, 0.1) is 0 Å². The number of rotatable bonds is 8. The highest BCUT2D eigenvalue weighted by Gasteiger charge is 2.14. The Morgan fingerprint density at radius 2 is 1.45 bits per heavy atom. The zero-order chi connectivity index (χ0) is 23.1. The highest BCUT2D eigenvalue weighted by molar-refractivity contribution is 7.92. The molecule has 0 bridgehead atoms. The van der Waals surface area contributed by atoms with E-state index in [1.54, 1.807) is 30.3 Å². The Balaban J connectivity index is 1.28. The van der Waals surface area contributed by atoms with Crippen LogP contribution >= 0.6 is 0 Å². The third kappa shape index (κ3) is 6.11. The van der Waals surface area contributed by atoms with Crippen molar-refractivity contribution in [2.45, 2.75) is 17.9 Å². The molecule has 0 unspecified atom stereocenters. The highest BCUT2D eigenvalue weighted by atomic mass is 32.2. The number of ether oxygens (including phenoxy) is 1. The maximum absolute atomic E-state index is 12.8. The topological polar surface area (TPSA) is 84.5 Å². The molecule has 0 spiro atoms. The van der Waals surface area contributed by atoms with Crippen molar-refractivity contribution < 1.29 is 17.9 Å². The van der Waals surface area contributed by atoms with Crippen LogP contribution in [0.4, 0.5) is 10.5 Å². The van der Waals surface area contributed by atoms with E-state index in [2.05, 4.69) is 10.0 Å². The van der Waals surface area contributed by atoms with Gasteiger partial charge >= 0.3 is 6.09 Å². The lowest BCUT2D eigenvalue weighted by Crippen LogP contribution is -2.26. The van der Waals surface area contributed by atoms with Gasteiger partial charge < -0.3 is 10.1 Å². The predicted molar refractivity (Wildman–Crippen MR) is 130 cm³/mol. The molecule has 0 aliphatic carbocycles. The van der Waals surface area contributed by atoms with Crippen molar-refractivity contribution in [3.63, 3.8) is 0 Å². The summed E-state index contributed by atoms with van der Waals surface area (Å²) in [6.45, 7) is 0.633. The number of benzene rings is 4. The van der Waals surface area contributed by atoms with E-state index in [1.165, 1.54) is 0 Å². The third-order valence-corrected chi connectivity index (χ3v) is 6.51. The fourth-order valence-electron chi connectivity index (χ4n) is 3.37. The van der Waals surface area contributed by atoms with Gasteiger partial charge in [0.2, 0.25) is 0 Å². The zero-order valence-corrected chi connectivity index (χ0v) is 18.7. The van der Waals surface area contributed by atoms with E-state index in [0.717, 1.165) is 21.9 Å². The molecule has 0 atom stereocenters. The Labute approximate surface area is 193 Å². The second-order valence-corrected chi connectivity index (χ2v) is 9.23. The normalized spacial score (nSPS) is 11.2. The Bertz CT molecular complexity index is 1340. The van der Waals surface area contributed by atoms with Crippen LogP contribution in [-0.2, 0) is 27.8 Å². The van der Waals surface area contributed by atoms with Gasteiger partial charge in [-0.15, -0.1) is 0 Å². The summed E-state index contributed by atoms with van der Waals surface area (Å²) in [5.41, 5.74) is 2.36. The summed E-state index contributed by atoms with van der Waals surface area (Å²) >= 11 is 0. The fraction of sp³-hybridized carbons (Fsp3) is 0.115. The first kappa shape index (κ1) is 22.4.